The molecule has 2 nitrogen and oxygen atoms in total. The lowest BCUT2D eigenvalue weighted by Crippen LogP contribution is -2.10. The van der Waals surface area contributed by atoms with Gasteiger partial charge in [0, 0.05) is 11.6 Å². The minimum Gasteiger partial charge on any atom is -0.506 e. The lowest BCUT2D eigenvalue weighted by Gasteiger charge is -2.19. The molecule has 1 N–H and O–H groups in total. The van der Waals surface area contributed by atoms with Crippen LogP contribution in [0.1, 0.15) is 26.3 Å². The van der Waals surface area contributed by atoms with Crippen LogP contribution in [0.5, 0.6) is 5.75 Å². The van der Waals surface area contributed by atoms with Crippen LogP contribution in [-0.2, 0) is 5.41 Å². The van der Waals surface area contributed by atoms with Crippen LogP contribution in [0.3, 0.4) is 0 Å². The molecule has 2 rings (SSSR count). The van der Waals surface area contributed by atoms with Gasteiger partial charge >= 0.3 is 0 Å². The van der Waals surface area contributed by atoms with E-state index in [0.717, 1.165) is 10.9 Å². The van der Waals surface area contributed by atoms with Gasteiger partial charge in [0.1, 0.15) is 11.3 Å². The van der Waals surface area contributed by atoms with Crippen LogP contribution in [-0.4, -0.2) is 10.1 Å². The van der Waals surface area contributed by atoms with Gasteiger partial charge in [-0.3, -0.25) is 4.98 Å². The summed E-state index contributed by atoms with van der Waals surface area (Å²) in [7, 11) is 0. The average Bonchev–Trinajstić information content (AvgIpc) is 2.16. The monoisotopic (exact) mass is 201 g/mol. The van der Waals surface area contributed by atoms with Gasteiger partial charge in [-0.25, -0.2) is 0 Å². The minimum absolute atomic E-state index is 0.0432. The van der Waals surface area contributed by atoms with Gasteiger partial charge in [-0.2, -0.15) is 0 Å². The number of phenolic OH excluding ortho intramolecular Hbond substituents is 1. The Bertz CT molecular complexity index is 497. The molecule has 15 heavy (non-hydrogen) atoms. The first-order chi connectivity index (χ1) is 6.98. The molecule has 2 heteroatoms. The molecule has 0 unspecified atom stereocenters. The van der Waals surface area contributed by atoms with E-state index in [4.69, 9.17) is 0 Å². The van der Waals surface area contributed by atoms with Crippen LogP contribution in [0.2, 0.25) is 0 Å². The van der Waals surface area contributed by atoms with Crippen LogP contribution >= 0.6 is 0 Å². The fourth-order valence-electron chi connectivity index (χ4n) is 1.61. The summed E-state index contributed by atoms with van der Waals surface area (Å²) in [6.45, 7) is 6.39. The van der Waals surface area contributed by atoms with E-state index in [-0.39, 0.29) is 11.2 Å². The normalized spacial score (nSPS) is 11.9. The van der Waals surface area contributed by atoms with E-state index in [2.05, 4.69) is 31.8 Å². The molecule has 0 saturated carbocycles. The smallest absolute Gasteiger partial charge is 0.142 e. The second kappa shape index (κ2) is 3.23. The number of nitrogens with zero attached hydrogens (tertiary/aromatic N) is 1. The molecule has 0 atom stereocenters. The Balaban J connectivity index is 2.73. The highest BCUT2D eigenvalue weighted by Gasteiger charge is 2.15. The number of fused-ring (bicyclic) bond motifs is 1. The van der Waals surface area contributed by atoms with Crippen LogP contribution in [0.4, 0.5) is 0 Å². The molecule has 0 spiro atoms. The SMILES string of the molecule is CC(C)(C)c1cc(O)c2ncccc2c1. The molecule has 0 amide bonds. The fourth-order valence-corrected chi connectivity index (χ4v) is 1.61. The molecular formula is C13H15NO. The summed E-state index contributed by atoms with van der Waals surface area (Å²) < 4.78 is 0. The van der Waals surface area contributed by atoms with Crippen molar-refractivity contribution in [2.75, 3.05) is 0 Å². The van der Waals surface area contributed by atoms with Gasteiger partial charge < -0.3 is 5.11 Å². The molecule has 0 saturated heterocycles. The second-order valence-electron chi connectivity index (χ2n) is 4.82. The van der Waals surface area contributed by atoms with E-state index >= 15 is 0 Å². The summed E-state index contributed by atoms with van der Waals surface area (Å²) in [5, 5.41) is 10.8. The Hall–Kier alpha value is -1.57. The number of pyridine rings is 1. The fraction of sp³-hybridized carbons (Fsp3) is 0.308. The van der Waals surface area contributed by atoms with Crippen LogP contribution < -0.4 is 0 Å². The van der Waals surface area contributed by atoms with Crippen molar-refractivity contribution in [1.82, 2.24) is 4.98 Å². The first-order valence-electron chi connectivity index (χ1n) is 5.07. The topological polar surface area (TPSA) is 33.1 Å². The van der Waals surface area contributed by atoms with E-state index in [9.17, 15) is 5.11 Å². The van der Waals surface area contributed by atoms with Gasteiger partial charge in [-0.1, -0.05) is 26.8 Å². The van der Waals surface area contributed by atoms with Crippen molar-refractivity contribution in [3.8, 4) is 5.75 Å². The Kier molecular flexibility index (Phi) is 2.14. The third-order valence-corrected chi connectivity index (χ3v) is 2.55. The maximum Gasteiger partial charge on any atom is 0.142 e. The quantitative estimate of drug-likeness (QED) is 0.709. The third kappa shape index (κ3) is 1.80. The number of hydrogen-bond acceptors (Lipinski definition) is 2. The maximum absolute atomic E-state index is 9.85. The highest BCUT2D eigenvalue weighted by molar-refractivity contribution is 5.85. The van der Waals surface area contributed by atoms with E-state index in [0.29, 0.717) is 5.52 Å². The number of phenols is 1. The van der Waals surface area contributed by atoms with E-state index < -0.39 is 0 Å². The molecule has 0 fully saturated rings. The second-order valence-corrected chi connectivity index (χ2v) is 4.82. The molecule has 0 bridgehead atoms. The molecule has 78 valence electrons. The van der Waals surface area contributed by atoms with Crippen molar-refractivity contribution in [3.05, 3.63) is 36.0 Å². The predicted molar refractivity (Wildman–Crippen MR) is 62.1 cm³/mol. The summed E-state index contributed by atoms with van der Waals surface area (Å²) in [5.74, 6) is 0.262. The summed E-state index contributed by atoms with van der Waals surface area (Å²) in [5.41, 5.74) is 1.84. The zero-order chi connectivity index (χ0) is 11.1. The lowest BCUT2D eigenvalue weighted by atomic mass is 9.86. The van der Waals surface area contributed by atoms with Gasteiger partial charge in [0.25, 0.3) is 0 Å². The van der Waals surface area contributed by atoms with Crippen molar-refractivity contribution >= 4 is 10.9 Å². The van der Waals surface area contributed by atoms with E-state index in [1.54, 1.807) is 12.3 Å². The summed E-state index contributed by atoms with van der Waals surface area (Å²) in [6, 6.07) is 7.74. The summed E-state index contributed by atoms with van der Waals surface area (Å²) >= 11 is 0. The van der Waals surface area contributed by atoms with Gasteiger partial charge in [0.05, 0.1) is 0 Å². The van der Waals surface area contributed by atoms with Crippen molar-refractivity contribution in [2.45, 2.75) is 26.2 Å². The highest BCUT2D eigenvalue weighted by Crippen LogP contribution is 2.30. The van der Waals surface area contributed by atoms with Crippen molar-refractivity contribution in [1.29, 1.82) is 0 Å². The van der Waals surface area contributed by atoms with E-state index in [1.807, 2.05) is 12.1 Å². The predicted octanol–water partition coefficient (Wildman–Crippen LogP) is 3.24. The Labute approximate surface area is 89.6 Å². The third-order valence-electron chi connectivity index (χ3n) is 2.55. The van der Waals surface area contributed by atoms with Crippen molar-refractivity contribution < 1.29 is 5.11 Å². The van der Waals surface area contributed by atoms with Gasteiger partial charge in [0.2, 0.25) is 0 Å². The lowest BCUT2D eigenvalue weighted by molar-refractivity contribution is 0.476. The Morgan fingerprint density at radius 2 is 1.93 bits per heavy atom. The molecule has 0 aliphatic heterocycles. The van der Waals surface area contributed by atoms with Crippen LogP contribution in [0, 0.1) is 0 Å². The number of hydrogen-bond donors (Lipinski definition) is 1. The molecule has 2 aromatic rings. The number of benzene rings is 1. The molecule has 0 aliphatic rings. The number of aromatic hydroxyl groups is 1. The largest absolute Gasteiger partial charge is 0.506 e. The molecule has 1 aromatic heterocycles. The zero-order valence-corrected chi connectivity index (χ0v) is 9.28. The molecular weight excluding hydrogens is 186 g/mol. The van der Waals surface area contributed by atoms with Crippen LogP contribution in [0.25, 0.3) is 10.9 Å². The Morgan fingerprint density at radius 1 is 1.20 bits per heavy atom. The van der Waals surface area contributed by atoms with Crippen molar-refractivity contribution in [3.63, 3.8) is 0 Å². The first-order valence-corrected chi connectivity index (χ1v) is 5.07. The van der Waals surface area contributed by atoms with Gasteiger partial charge in [0.15, 0.2) is 0 Å². The highest BCUT2D eigenvalue weighted by atomic mass is 16.3. The average molecular weight is 201 g/mol. The van der Waals surface area contributed by atoms with Crippen LogP contribution in [0.15, 0.2) is 30.5 Å². The standard InChI is InChI=1S/C13H15NO/c1-13(2,3)10-7-9-5-4-6-14-12(9)11(15)8-10/h4-8,15H,1-3H3. The molecule has 0 radical (unpaired) electrons. The maximum atomic E-state index is 9.85. The summed E-state index contributed by atoms with van der Waals surface area (Å²) in [4.78, 5) is 4.15. The molecule has 0 aliphatic carbocycles. The van der Waals surface area contributed by atoms with Gasteiger partial charge in [-0.05, 0) is 29.2 Å². The summed E-state index contributed by atoms with van der Waals surface area (Å²) in [6.07, 6.45) is 1.69. The van der Waals surface area contributed by atoms with Gasteiger partial charge in [-0.15, -0.1) is 0 Å². The zero-order valence-electron chi connectivity index (χ0n) is 9.28. The first kappa shape index (κ1) is 9.97. The Morgan fingerprint density at radius 3 is 2.60 bits per heavy atom. The van der Waals surface area contributed by atoms with E-state index in [1.165, 1.54) is 0 Å². The minimum atomic E-state index is 0.0432. The molecule has 1 heterocycles. The number of rotatable bonds is 0. The van der Waals surface area contributed by atoms with Crippen molar-refractivity contribution in [2.24, 2.45) is 0 Å². The number of aromatic nitrogens is 1. The molecule has 1 aromatic carbocycles.